The van der Waals surface area contributed by atoms with Crippen LogP contribution >= 0.6 is 0 Å². The first-order valence-corrected chi connectivity index (χ1v) is 7.58. The molecular weight excluding hydrogens is 274 g/mol. The largest absolute Gasteiger partial charge is 0.330 e. The van der Waals surface area contributed by atoms with Gasteiger partial charge in [0.05, 0.1) is 4.90 Å². The van der Waals surface area contributed by atoms with Crippen molar-refractivity contribution in [1.82, 2.24) is 4.31 Å². The molecule has 0 aromatic heterocycles. The monoisotopic (exact) mass is 290 g/mol. The molecule has 7 heteroatoms. The summed E-state index contributed by atoms with van der Waals surface area (Å²) in [6, 6.07) is 2.61. The molecule has 1 fully saturated rings. The second-order valence-electron chi connectivity index (χ2n) is 4.57. The molecule has 1 aromatic carbocycles. The first-order chi connectivity index (χ1) is 8.96. The Morgan fingerprint density at radius 1 is 1.26 bits per heavy atom. The van der Waals surface area contributed by atoms with E-state index < -0.39 is 21.7 Å². The van der Waals surface area contributed by atoms with E-state index in [0.29, 0.717) is 19.5 Å². The summed E-state index contributed by atoms with van der Waals surface area (Å²) < 4.78 is 52.1. The van der Waals surface area contributed by atoms with Gasteiger partial charge in [-0.2, -0.15) is 4.31 Å². The summed E-state index contributed by atoms with van der Waals surface area (Å²) in [5.74, 6) is -2.21. The van der Waals surface area contributed by atoms with Crippen LogP contribution in [0, 0.1) is 11.6 Å². The van der Waals surface area contributed by atoms with Gasteiger partial charge in [-0.3, -0.25) is 0 Å². The zero-order chi connectivity index (χ0) is 14.0. The highest BCUT2D eigenvalue weighted by Crippen LogP contribution is 2.32. The quantitative estimate of drug-likeness (QED) is 0.863. The van der Waals surface area contributed by atoms with Gasteiger partial charge < -0.3 is 5.73 Å². The minimum absolute atomic E-state index is 0.0373. The zero-order valence-electron chi connectivity index (χ0n) is 10.4. The van der Waals surface area contributed by atoms with Gasteiger partial charge in [-0.15, -0.1) is 0 Å². The Morgan fingerprint density at radius 2 is 1.95 bits per heavy atom. The third-order valence-corrected chi connectivity index (χ3v) is 4.98. The van der Waals surface area contributed by atoms with Crippen LogP contribution in [-0.2, 0) is 10.0 Å². The van der Waals surface area contributed by atoms with Crippen molar-refractivity contribution in [3.8, 4) is 0 Å². The fraction of sp³-hybridized carbons (Fsp3) is 0.500. The van der Waals surface area contributed by atoms with Crippen molar-refractivity contribution in [2.45, 2.75) is 30.2 Å². The lowest BCUT2D eigenvalue weighted by Crippen LogP contribution is -2.35. The second kappa shape index (κ2) is 5.52. The van der Waals surface area contributed by atoms with Crippen LogP contribution in [0.3, 0.4) is 0 Å². The van der Waals surface area contributed by atoms with E-state index in [9.17, 15) is 17.2 Å². The van der Waals surface area contributed by atoms with Gasteiger partial charge in [0, 0.05) is 12.6 Å². The molecule has 0 aliphatic heterocycles. The van der Waals surface area contributed by atoms with Crippen molar-refractivity contribution in [1.29, 1.82) is 0 Å². The summed E-state index contributed by atoms with van der Waals surface area (Å²) in [5, 5.41) is 0. The van der Waals surface area contributed by atoms with Gasteiger partial charge in [-0.05, 0) is 44.0 Å². The molecule has 106 valence electrons. The van der Waals surface area contributed by atoms with Crippen LogP contribution in [0.1, 0.15) is 19.3 Å². The Hall–Kier alpha value is -1.05. The number of sulfonamides is 1. The molecule has 0 bridgehead atoms. The molecule has 1 aromatic rings. The maximum absolute atomic E-state index is 13.2. The second-order valence-corrected chi connectivity index (χ2v) is 6.46. The number of nitrogens with two attached hydrogens (primary N) is 1. The van der Waals surface area contributed by atoms with Crippen LogP contribution in [0.15, 0.2) is 23.1 Å². The Labute approximate surface area is 111 Å². The average Bonchev–Trinajstić information content (AvgIpc) is 3.17. The Morgan fingerprint density at radius 3 is 2.47 bits per heavy atom. The summed E-state index contributed by atoms with van der Waals surface area (Å²) in [5.41, 5.74) is 5.39. The van der Waals surface area contributed by atoms with E-state index in [2.05, 4.69) is 0 Å². The van der Waals surface area contributed by atoms with Gasteiger partial charge in [-0.25, -0.2) is 17.2 Å². The summed E-state index contributed by atoms with van der Waals surface area (Å²) in [4.78, 5) is -0.213. The number of rotatable bonds is 6. The molecule has 1 aliphatic carbocycles. The predicted octanol–water partition coefficient (Wildman–Crippen LogP) is 1.47. The molecule has 0 heterocycles. The fourth-order valence-corrected chi connectivity index (χ4v) is 3.62. The smallest absolute Gasteiger partial charge is 0.243 e. The summed E-state index contributed by atoms with van der Waals surface area (Å²) in [7, 11) is -3.78. The molecule has 0 spiro atoms. The maximum Gasteiger partial charge on any atom is 0.243 e. The summed E-state index contributed by atoms with van der Waals surface area (Å²) >= 11 is 0. The topological polar surface area (TPSA) is 63.4 Å². The van der Waals surface area contributed by atoms with Crippen LogP contribution in [0.5, 0.6) is 0 Å². The minimum Gasteiger partial charge on any atom is -0.330 e. The molecule has 2 N–H and O–H groups in total. The average molecular weight is 290 g/mol. The Bertz CT molecular complexity index is 559. The molecule has 1 aliphatic rings. The number of hydrogen-bond donors (Lipinski definition) is 1. The molecule has 2 rings (SSSR count). The highest BCUT2D eigenvalue weighted by molar-refractivity contribution is 7.89. The number of nitrogens with zero attached hydrogens (tertiary/aromatic N) is 1. The maximum atomic E-state index is 13.2. The lowest BCUT2D eigenvalue weighted by molar-refractivity contribution is 0.398. The number of benzene rings is 1. The lowest BCUT2D eigenvalue weighted by atomic mass is 10.3. The van der Waals surface area contributed by atoms with Crippen LogP contribution in [0.2, 0.25) is 0 Å². The Kier molecular flexibility index (Phi) is 4.17. The normalized spacial score (nSPS) is 16.0. The van der Waals surface area contributed by atoms with E-state index in [1.54, 1.807) is 0 Å². The molecule has 0 amide bonds. The molecule has 0 saturated heterocycles. The zero-order valence-corrected chi connectivity index (χ0v) is 11.2. The first-order valence-electron chi connectivity index (χ1n) is 6.14. The summed E-state index contributed by atoms with van der Waals surface area (Å²) in [6.07, 6.45) is 2.14. The molecule has 0 unspecified atom stereocenters. The lowest BCUT2D eigenvalue weighted by Gasteiger charge is -2.21. The number of halogens is 2. The van der Waals surface area contributed by atoms with E-state index in [1.807, 2.05) is 0 Å². The van der Waals surface area contributed by atoms with Gasteiger partial charge >= 0.3 is 0 Å². The van der Waals surface area contributed by atoms with Crippen molar-refractivity contribution in [2.75, 3.05) is 13.1 Å². The first kappa shape index (κ1) is 14.4. The molecule has 0 atom stereocenters. The van der Waals surface area contributed by atoms with Crippen molar-refractivity contribution in [3.63, 3.8) is 0 Å². The van der Waals surface area contributed by atoms with Gasteiger partial charge in [0.15, 0.2) is 11.6 Å². The van der Waals surface area contributed by atoms with Crippen LogP contribution < -0.4 is 5.73 Å². The van der Waals surface area contributed by atoms with Crippen molar-refractivity contribution < 1.29 is 17.2 Å². The third-order valence-electron chi connectivity index (χ3n) is 3.03. The van der Waals surface area contributed by atoms with E-state index in [0.717, 1.165) is 31.0 Å². The molecular formula is C12H16F2N2O2S. The highest BCUT2D eigenvalue weighted by Gasteiger charge is 2.37. The van der Waals surface area contributed by atoms with Gasteiger partial charge in [0.2, 0.25) is 10.0 Å². The van der Waals surface area contributed by atoms with Gasteiger partial charge in [0.25, 0.3) is 0 Å². The van der Waals surface area contributed by atoms with Crippen molar-refractivity contribution >= 4 is 10.0 Å². The minimum atomic E-state index is -3.78. The molecule has 4 nitrogen and oxygen atoms in total. The van der Waals surface area contributed by atoms with Crippen LogP contribution in [0.25, 0.3) is 0 Å². The highest BCUT2D eigenvalue weighted by atomic mass is 32.2. The van der Waals surface area contributed by atoms with E-state index in [-0.39, 0.29) is 10.9 Å². The van der Waals surface area contributed by atoms with Crippen LogP contribution in [-0.4, -0.2) is 31.9 Å². The van der Waals surface area contributed by atoms with Crippen LogP contribution in [0.4, 0.5) is 8.78 Å². The molecule has 19 heavy (non-hydrogen) atoms. The standard InChI is InChI=1S/C12H16F2N2O2S/c13-11-5-4-10(8-12(11)14)19(17,18)16(7-1-6-15)9-2-3-9/h4-5,8-9H,1-3,6-7,15H2. The van der Waals surface area contributed by atoms with Gasteiger partial charge in [-0.1, -0.05) is 0 Å². The van der Waals surface area contributed by atoms with Gasteiger partial charge in [0.1, 0.15) is 0 Å². The third kappa shape index (κ3) is 3.10. The van der Waals surface area contributed by atoms with E-state index >= 15 is 0 Å². The van der Waals surface area contributed by atoms with E-state index in [4.69, 9.17) is 5.73 Å². The molecule has 0 radical (unpaired) electrons. The summed E-state index contributed by atoms with van der Waals surface area (Å²) in [6.45, 7) is 0.693. The predicted molar refractivity (Wildman–Crippen MR) is 66.9 cm³/mol. The van der Waals surface area contributed by atoms with Crippen molar-refractivity contribution in [2.24, 2.45) is 5.73 Å². The SMILES string of the molecule is NCCCN(C1CC1)S(=O)(=O)c1ccc(F)c(F)c1. The Balaban J connectivity index is 2.30. The number of hydrogen-bond acceptors (Lipinski definition) is 3. The molecule has 1 saturated carbocycles. The van der Waals surface area contributed by atoms with E-state index in [1.165, 1.54) is 4.31 Å². The van der Waals surface area contributed by atoms with Crippen molar-refractivity contribution in [3.05, 3.63) is 29.8 Å². The fourth-order valence-electron chi connectivity index (χ4n) is 1.88.